The van der Waals surface area contributed by atoms with Gasteiger partial charge in [-0.15, -0.1) is 0 Å². The molecular formula is C17H21NO. The maximum atomic E-state index is 11.5. The minimum absolute atomic E-state index is 0.169. The highest BCUT2D eigenvalue weighted by atomic mass is 16.1. The van der Waals surface area contributed by atoms with Crippen molar-refractivity contribution in [2.24, 2.45) is 0 Å². The molecule has 0 radical (unpaired) electrons. The summed E-state index contributed by atoms with van der Waals surface area (Å²) in [6, 6.07) is 14.7. The highest BCUT2D eigenvalue weighted by molar-refractivity contribution is 5.85. The van der Waals surface area contributed by atoms with Crippen molar-refractivity contribution < 1.29 is 4.79 Å². The third-order valence-electron chi connectivity index (χ3n) is 3.35. The Kier molecular flexibility index (Phi) is 4.96. The molecule has 19 heavy (non-hydrogen) atoms. The Balaban J connectivity index is 1.93. The van der Waals surface area contributed by atoms with Gasteiger partial charge in [0.1, 0.15) is 0 Å². The maximum absolute atomic E-state index is 11.5. The molecule has 2 aromatic rings. The molecule has 2 nitrogen and oxygen atoms in total. The second kappa shape index (κ2) is 6.93. The maximum Gasteiger partial charge on any atom is 0.220 e. The van der Waals surface area contributed by atoms with Crippen LogP contribution in [-0.4, -0.2) is 12.5 Å². The van der Waals surface area contributed by atoms with Crippen molar-refractivity contribution >= 4 is 16.7 Å². The lowest BCUT2D eigenvalue weighted by molar-refractivity contribution is -0.121. The fourth-order valence-corrected chi connectivity index (χ4v) is 2.27. The lowest BCUT2D eigenvalue weighted by Crippen LogP contribution is -2.25. The first-order valence-corrected chi connectivity index (χ1v) is 7.04. The van der Waals surface area contributed by atoms with Crippen LogP contribution in [0.2, 0.25) is 0 Å². The van der Waals surface area contributed by atoms with Crippen LogP contribution in [0.25, 0.3) is 10.8 Å². The molecule has 0 heterocycles. The molecule has 0 fully saturated rings. The van der Waals surface area contributed by atoms with Crippen LogP contribution in [0.4, 0.5) is 0 Å². The highest BCUT2D eigenvalue weighted by Crippen LogP contribution is 2.18. The summed E-state index contributed by atoms with van der Waals surface area (Å²) in [4.78, 5) is 11.5. The first-order valence-electron chi connectivity index (χ1n) is 7.04. The highest BCUT2D eigenvalue weighted by Gasteiger charge is 2.02. The van der Waals surface area contributed by atoms with Gasteiger partial charge in [-0.3, -0.25) is 4.79 Å². The molecule has 0 aromatic heterocycles. The van der Waals surface area contributed by atoms with E-state index >= 15 is 0 Å². The van der Waals surface area contributed by atoms with Gasteiger partial charge in [-0.2, -0.15) is 0 Å². The van der Waals surface area contributed by atoms with E-state index in [0.29, 0.717) is 6.42 Å². The van der Waals surface area contributed by atoms with Gasteiger partial charge in [0.05, 0.1) is 0 Å². The van der Waals surface area contributed by atoms with E-state index in [4.69, 9.17) is 0 Å². The summed E-state index contributed by atoms with van der Waals surface area (Å²) in [6.45, 7) is 2.82. The number of nitrogens with one attached hydrogen (secondary N) is 1. The average molecular weight is 255 g/mol. The molecular weight excluding hydrogens is 234 g/mol. The molecule has 2 heteroatoms. The van der Waals surface area contributed by atoms with Crippen molar-refractivity contribution in [1.82, 2.24) is 5.32 Å². The number of rotatable bonds is 6. The van der Waals surface area contributed by atoms with E-state index in [1.165, 1.54) is 16.3 Å². The molecule has 2 rings (SSSR count). The molecule has 2 aromatic carbocycles. The fraction of sp³-hybridized carbons (Fsp3) is 0.353. The normalized spacial score (nSPS) is 10.6. The van der Waals surface area contributed by atoms with Gasteiger partial charge >= 0.3 is 0 Å². The summed E-state index contributed by atoms with van der Waals surface area (Å²) in [6.07, 6.45) is 3.57. The van der Waals surface area contributed by atoms with Crippen LogP contribution in [0.15, 0.2) is 42.5 Å². The van der Waals surface area contributed by atoms with Crippen molar-refractivity contribution in [3.63, 3.8) is 0 Å². The van der Waals surface area contributed by atoms with Crippen molar-refractivity contribution in [3.05, 3.63) is 48.0 Å². The third kappa shape index (κ3) is 3.82. The van der Waals surface area contributed by atoms with Crippen LogP contribution < -0.4 is 5.32 Å². The monoisotopic (exact) mass is 255 g/mol. The summed E-state index contributed by atoms with van der Waals surface area (Å²) in [5.74, 6) is 0.169. The van der Waals surface area contributed by atoms with Crippen LogP contribution >= 0.6 is 0 Å². The zero-order valence-electron chi connectivity index (χ0n) is 11.5. The standard InChI is InChI=1S/C17H21NO/c1-2-3-11-17(19)18-13-12-15-9-6-8-14-7-4-5-10-16(14)15/h4-10H,2-3,11-13H2,1H3,(H,18,19). The molecule has 0 spiro atoms. The summed E-state index contributed by atoms with van der Waals surface area (Å²) in [7, 11) is 0. The largest absolute Gasteiger partial charge is 0.356 e. The van der Waals surface area contributed by atoms with E-state index in [1.807, 2.05) is 0 Å². The molecule has 0 saturated carbocycles. The molecule has 100 valence electrons. The first-order chi connectivity index (χ1) is 9.31. The molecule has 0 aliphatic rings. The average Bonchev–Trinajstić information content (AvgIpc) is 2.45. The van der Waals surface area contributed by atoms with Gasteiger partial charge in [0.15, 0.2) is 0 Å². The lowest BCUT2D eigenvalue weighted by Gasteiger charge is -2.08. The number of carbonyl (C=O) groups is 1. The molecule has 0 unspecified atom stereocenters. The van der Waals surface area contributed by atoms with Gasteiger partial charge in [0.25, 0.3) is 0 Å². The minimum atomic E-state index is 0.169. The predicted molar refractivity (Wildman–Crippen MR) is 80.2 cm³/mol. The van der Waals surface area contributed by atoms with Crippen LogP contribution in [0, 0.1) is 0 Å². The molecule has 1 N–H and O–H groups in total. The third-order valence-corrected chi connectivity index (χ3v) is 3.35. The topological polar surface area (TPSA) is 29.1 Å². The van der Waals surface area contributed by atoms with Crippen molar-refractivity contribution in [2.75, 3.05) is 6.54 Å². The Bertz CT molecular complexity index is 542. The summed E-state index contributed by atoms with van der Waals surface area (Å²) >= 11 is 0. The van der Waals surface area contributed by atoms with Crippen molar-refractivity contribution in [2.45, 2.75) is 32.6 Å². The van der Waals surface area contributed by atoms with Crippen molar-refractivity contribution in [1.29, 1.82) is 0 Å². The molecule has 0 atom stereocenters. The second-order valence-electron chi connectivity index (χ2n) is 4.84. The minimum Gasteiger partial charge on any atom is -0.356 e. The Morgan fingerprint density at radius 3 is 2.74 bits per heavy atom. The quantitative estimate of drug-likeness (QED) is 0.838. The zero-order valence-corrected chi connectivity index (χ0v) is 11.5. The Hall–Kier alpha value is -1.83. The van der Waals surface area contributed by atoms with E-state index in [2.05, 4.69) is 54.7 Å². The van der Waals surface area contributed by atoms with Crippen LogP contribution in [0.3, 0.4) is 0 Å². The Morgan fingerprint density at radius 1 is 1.11 bits per heavy atom. The molecule has 0 aliphatic heterocycles. The number of benzene rings is 2. The Morgan fingerprint density at radius 2 is 1.89 bits per heavy atom. The first kappa shape index (κ1) is 13.6. The van der Waals surface area contributed by atoms with E-state index in [1.54, 1.807) is 0 Å². The number of carbonyl (C=O) groups excluding carboxylic acids is 1. The van der Waals surface area contributed by atoms with E-state index < -0.39 is 0 Å². The van der Waals surface area contributed by atoms with E-state index in [-0.39, 0.29) is 5.91 Å². The fourth-order valence-electron chi connectivity index (χ4n) is 2.27. The molecule has 1 amide bonds. The van der Waals surface area contributed by atoms with Gasteiger partial charge in [-0.05, 0) is 29.2 Å². The molecule has 0 aliphatic carbocycles. The van der Waals surface area contributed by atoms with Crippen LogP contribution in [0.5, 0.6) is 0 Å². The SMILES string of the molecule is CCCCC(=O)NCCc1cccc2ccccc12. The van der Waals surface area contributed by atoms with E-state index in [9.17, 15) is 4.79 Å². The molecule has 0 bridgehead atoms. The van der Waals surface area contributed by atoms with E-state index in [0.717, 1.165) is 25.8 Å². The summed E-state index contributed by atoms with van der Waals surface area (Å²) < 4.78 is 0. The number of unbranched alkanes of at least 4 members (excludes halogenated alkanes) is 1. The predicted octanol–water partition coefficient (Wildman–Crippen LogP) is 3.69. The van der Waals surface area contributed by atoms with Crippen LogP contribution in [-0.2, 0) is 11.2 Å². The number of fused-ring (bicyclic) bond motifs is 1. The second-order valence-corrected chi connectivity index (χ2v) is 4.84. The number of hydrogen-bond donors (Lipinski definition) is 1. The Labute approximate surface area is 114 Å². The lowest BCUT2D eigenvalue weighted by atomic mass is 10.0. The molecule has 0 saturated heterocycles. The van der Waals surface area contributed by atoms with Gasteiger partial charge in [-0.1, -0.05) is 55.8 Å². The van der Waals surface area contributed by atoms with Gasteiger partial charge in [0.2, 0.25) is 5.91 Å². The summed E-state index contributed by atoms with van der Waals surface area (Å²) in [5.41, 5.74) is 1.30. The van der Waals surface area contributed by atoms with Crippen molar-refractivity contribution in [3.8, 4) is 0 Å². The van der Waals surface area contributed by atoms with Gasteiger partial charge < -0.3 is 5.32 Å². The van der Waals surface area contributed by atoms with Gasteiger partial charge in [-0.25, -0.2) is 0 Å². The smallest absolute Gasteiger partial charge is 0.220 e. The summed E-state index contributed by atoms with van der Waals surface area (Å²) in [5, 5.41) is 5.54. The number of amides is 1. The number of hydrogen-bond acceptors (Lipinski definition) is 1. The van der Waals surface area contributed by atoms with Gasteiger partial charge in [0, 0.05) is 13.0 Å². The zero-order chi connectivity index (χ0) is 13.5. The van der Waals surface area contributed by atoms with Crippen LogP contribution in [0.1, 0.15) is 31.7 Å².